The largest absolute Gasteiger partial charge is 0.460 e. The molecule has 0 rings (SSSR count). The summed E-state index contributed by atoms with van der Waals surface area (Å²) in [6, 6.07) is 0. The molecule has 0 aliphatic rings. The van der Waals surface area contributed by atoms with Crippen LogP contribution in [0.25, 0.3) is 0 Å². The van der Waals surface area contributed by atoms with Crippen LogP contribution in [0.5, 0.6) is 0 Å². The third-order valence-electron chi connectivity index (χ3n) is 4.39. The second-order valence-electron chi connectivity index (χ2n) is 6.80. The van der Waals surface area contributed by atoms with Gasteiger partial charge in [-0.3, -0.25) is 0 Å². The Kier molecular flexibility index (Phi) is 7.97. The number of hydrogen-bond acceptors (Lipinski definition) is 1. The molecule has 0 heterocycles. The molecule has 0 aromatic rings. The van der Waals surface area contributed by atoms with E-state index in [1.807, 2.05) is 0 Å². The summed E-state index contributed by atoms with van der Waals surface area (Å²) in [5.41, 5.74) is -8.65. The highest BCUT2D eigenvalue weighted by Gasteiger charge is 3.00. The van der Waals surface area contributed by atoms with Crippen molar-refractivity contribution in [3.63, 3.8) is 0 Å². The number of aliphatic hydroxyl groups is 1. The number of rotatable bonds is 8. The van der Waals surface area contributed by atoms with Crippen LogP contribution in [0.3, 0.4) is 0 Å². The zero-order valence-electron chi connectivity index (χ0n) is 15.9. The van der Waals surface area contributed by atoms with Crippen molar-refractivity contribution < 1.29 is 115 Å². The Bertz CT molecular complexity index is 852. The first-order valence-electron chi connectivity index (χ1n) is 7.70. The van der Waals surface area contributed by atoms with Crippen molar-refractivity contribution in [2.45, 2.75) is 71.5 Å². The van der Waals surface area contributed by atoms with Crippen molar-refractivity contribution in [3.8, 4) is 0 Å². The summed E-state index contributed by atoms with van der Waals surface area (Å²) < 4.78 is 321. The Balaban J connectivity index is 7.44. The van der Waals surface area contributed by atoms with E-state index >= 15 is 0 Å². The molecule has 1 N–H and O–H groups in total. The summed E-state index contributed by atoms with van der Waals surface area (Å²) >= 11 is 0. The first kappa shape index (κ1) is 36.2. The number of halogens is 25. The predicted molar refractivity (Wildman–Crippen MR) is 62.7 cm³/mol. The van der Waals surface area contributed by atoms with E-state index in [0.717, 1.165) is 0 Å². The van der Waals surface area contributed by atoms with Crippen LogP contribution >= 0.6 is 0 Å². The monoisotopic (exact) mass is 636 g/mol. The van der Waals surface area contributed by atoms with Gasteiger partial charge in [0.15, 0.2) is 0 Å². The smallest absolute Gasteiger partial charge is 0.369 e. The SMILES string of the molecule is OC(C(F)(F)F)(C(F)(F)F)C(F)(F)C(F)(F)C(F)(F)C(F)(F)C(F)(F)C(F)(F)C(F)(F)C(F)(F)C(F)(F)F. The van der Waals surface area contributed by atoms with E-state index in [1.165, 1.54) is 0 Å². The van der Waals surface area contributed by atoms with Gasteiger partial charge in [-0.1, -0.05) is 0 Å². The molecule has 1 nitrogen and oxygen atoms in total. The van der Waals surface area contributed by atoms with Crippen molar-refractivity contribution >= 4 is 0 Å². The van der Waals surface area contributed by atoms with Gasteiger partial charge >= 0.3 is 71.5 Å². The van der Waals surface area contributed by atoms with Crippen LogP contribution in [0.1, 0.15) is 0 Å². The standard InChI is InChI=1S/C12HF25O/c13-2(14,1(38,10(29,30)31)11(32,33)34)3(15,16)4(17,18)5(19,20)6(21,22)7(23,24)8(25,26)9(27,28)12(35,36)37/h38H. The topological polar surface area (TPSA) is 20.2 Å². The van der Waals surface area contributed by atoms with E-state index in [9.17, 15) is 110 Å². The Morgan fingerprint density at radius 1 is 0.211 bits per heavy atom. The molecule has 0 saturated carbocycles. The fourth-order valence-corrected chi connectivity index (χ4v) is 2.10. The Labute approximate surface area is 188 Å². The van der Waals surface area contributed by atoms with Crippen LogP contribution in [0.2, 0.25) is 0 Å². The quantitative estimate of drug-likeness (QED) is 0.274. The van der Waals surface area contributed by atoms with Crippen LogP contribution in [0.15, 0.2) is 0 Å². The maximum absolute atomic E-state index is 13.4. The Morgan fingerprint density at radius 3 is 0.526 bits per heavy atom. The maximum Gasteiger partial charge on any atom is 0.460 e. The minimum Gasteiger partial charge on any atom is -0.369 e. The Hall–Kier alpha value is -1.79. The normalized spacial score (nSPS) is 17.2. The maximum atomic E-state index is 13.4. The van der Waals surface area contributed by atoms with Crippen LogP contribution in [-0.4, -0.2) is 76.6 Å². The van der Waals surface area contributed by atoms with Crippen molar-refractivity contribution in [1.29, 1.82) is 0 Å². The summed E-state index contributed by atoms with van der Waals surface area (Å²) in [5.74, 6) is -74.8. The molecule has 0 aliphatic carbocycles. The molecule has 0 saturated heterocycles. The molecule has 0 bridgehead atoms. The van der Waals surface area contributed by atoms with Crippen LogP contribution in [0.4, 0.5) is 110 Å². The van der Waals surface area contributed by atoms with Gasteiger partial charge in [0, 0.05) is 0 Å². The zero-order chi connectivity index (χ0) is 32.0. The van der Waals surface area contributed by atoms with Crippen molar-refractivity contribution in [3.05, 3.63) is 0 Å². The van der Waals surface area contributed by atoms with Gasteiger partial charge < -0.3 is 5.11 Å². The molecule has 0 aromatic heterocycles. The molecule has 0 amide bonds. The highest BCUT2D eigenvalue weighted by molar-refractivity contribution is 5.20. The highest BCUT2D eigenvalue weighted by atomic mass is 19.4. The number of alkyl halides is 25. The second-order valence-corrected chi connectivity index (χ2v) is 6.80. The van der Waals surface area contributed by atoms with Gasteiger partial charge in [-0.05, 0) is 0 Å². The molecule has 38 heavy (non-hydrogen) atoms. The average molecular weight is 636 g/mol. The number of hydrogen-bond donors (Lipinski definition) is 1. The summed E-state index contributed by atoms with van der Waals surface area (Å²) in [7, 11) is 0. The molecule has 0 fully saturated rings. The van der Waals surface area contributed by atoms with Gasteiger partial charge in [0.1, 0.15) is 0 Å². The summed E-state index contributed by atoms with van der Waals surface area (Å²) in [5, 5.41) is 8.13. The minimum absolute atomic E-state index is 8.13. The lowest BCUT2D eigenvalue weighted by Gasteiger charge is -2.46. The lowest BCUT2D eigenvalue weighted by atomic mass is 9.81. The molecule has 0 atom stereocenters. The molecule has 230 valence electrons. The van der Waals surface area contributed by atoms with Gasteiger partial charge in [-0.2, -0.15) is 110 Å². The first-order valence-corrected chi connectivity index (χ1v) is 7.70. The third kappa shape index (κ3) is 3.99. The summed E-state index contributed by atoms with van der Waals surface area (Å²) in [6.45, 7) is 0. The lowest BCUT2D eigenvalue weighted by Crippen LogP contribution is -2.80. The van der Waals surface area contributed by atoms with Gasteiger partial charge in [0.25, 0.3) is 0 Å². The fourth-order valence-electron chi connectivity index (χ4n) is 2.10. The van der Waals surface area contributed by atoms with E-state index < -0.39 is 71.5 Å². The molecule has 0 aromatic carbocycles. The van der Waals surface area contributed by atoms with E-state index in [-0.39, 0.29) is 0 Å². The predicted octanol–water partition coefficient (Wildman–Crippen LogP) is 7.49. The van der Waals surface area contributed by atoms with E-state index in [0.29, 0.717) is 0 Å². The Morgan fingerprint density at radius 2 is 0.368 bits per heavy atom. The molecule has 0 unspecified atom stereocenters. The molecular formula is C12HF25O. The van der Waals surface area contributed by atoms with Gasteiger partial charge in [0.2, 0.25) is 0 Å². The van der Waals surface area contributed by atoms with Crippen LogP contribution < -0.4 is 0 Å². The van der Waals surface area contributed by atoms with Crippen molar-refractivity contribution in [2.24, 2.45) is 0 Å². The van der Waals surface area contributed by atoms with Gasteiger partial charge in [0.05, 0.1) is 0 Å². The summed E-state index contributed by atoms with van der Waals surface area (Å²) in [6.07, 6.45) is -25.0. The molecule has 0 radical (unpaired) electrons. The third-order valence-corrected chi connectivity index (χ3v) is 4.39. The highest BCUT2D eigenvalue weighted by Crippen LogP contribution is 2.67. The van der Waals surface area contributed by atoms with Crippen LogP contribution in [0, 0.1) is 0 Å². The van der Waals surface area contributed by atoms with Crippen molar-refractivity contribution in [2.75, 3.05) is 0 Å². The van der Waals surface area contributed by atoms with E-state index in [4.69, 9.17) is 5.11 Å². The zero-order valence-corrected chi connectivity index (χ0v) is 15.9. The molecule has 26 heteroatoms. The molecular weight excluding hydrogens is 635 g/mol. The fraction of sp³-hybridized carbons (Fsp3) is 1.00. The first-order chi connectivity index (χ1) is 15.8. The average Bonchev–Trinajstić information content (AvgIpc) is 2.63. The minimum atomic E-state index is -9.64. The van der Waals surface area contributed by atoms with E-state index in [2.05, 4.69) is 0 Å². The molecule has 0 aliphatic heterocycles. The molecule has 0 spiro atoms. The van der Waals surface area contributed by atoms with Gasteiger partial charge in [-0.15, -0.1) is 0 Å². The van der Waals surface area contributed by atoms with E-state index in [1.54, 1.807) is 0 Å². The van der Waals surface area contributed by atoms with Crippen molar-refractivity contribution in [1.82, 2.24) is 0 Å². The van der Waals surface area contributed by atoms with Crippen LogP contribution in [-0.2, 0) is 0 Å². The lowest BCUT2D eigenvalue weighted by molar-refractivity contribution is -0.495. The summed E-state index contributed by atoms with van der Waals surface area (Å²) in [4.78, 5) is 0. The van der Waals surface area contributed by atoms with Gasteiger partial charge in [-0.25, -0.2) is 0 Å². The second kappa shape index (κ2) is 8.36.